The molecule has 2 heterocycles. The van der Waals surface area contributed by atoms with Gasteiger partial charge in [-0.05, 0) is 85.6 Å². The lowest BCUT2D eigenvalue weighted by Crippen LogP contribution is -2.11. The van der Waals surface area contributed by atoms with Crippen LogP contribution in [-0.2, 0) is 0 Å². The Morgan fingerprint density at radius 2 is 1.02 bits per heavy atom. The maximum Gasteiger partial charge on any atom is 0.159 e. The molecule has 2 nitrogen and oxygen atoms in total. The van der Waals surface area contributed by atoms with Crippen molar-refractivity contribution in [3.63, 3.8) is 0 Å². The van der Waals surface area contributed by atoms with Gasteiger partial charge in [-0.25, -0.2) is 0 Å². The Hall–Kier alpha value is -6.16. The van der Waals surface area contributed by atoms with Gasteiger partial charge in [0.15, 0.2) is 5.58 Å². The molecule has 0 atom stereocenters. The quantitative estimate of drug-likeness (QED) is 0.172. The van der Waals surface area contributed by atoms with Crippen LogP contribution in [0.4, 0.5) is 17.1 Å². The zero-order chi connectivity index (χ0) is 34.5. The molecule has 0 unspecified atom stereocenters. The molecule has 0 spiro atoms. The van der Waals surface area contributed by atoms with E-state index < -0.39 is 0 Å². The predicted octanol–water partition coefficient (Wildman–Crippen LogP) is 15.2. The van der Waals surface area contributed by atoms with Gasteiger partial charge in [0.2, 0.25) is 0 Å². The molecule has 0 bridgehead atoms. The number of benzene rings is 9. The smallest absolute Gasteiger partial charge is 0.159 e. The first-order chi connectivity index (χ1) is 25.6. The second kappa shape index (κ2) is 11.2. The molecular weight excluding hydrogens is 651 g/mol. The molecule has 11 aromatic rings. The molecule has 11 rings (SSSR count). The van der Waals surface area contributed by atoms with E-state index in [-0.39, 0.29) is 0 Å². The summed E-state index contributed by atoms with van der Waals surface area (Å²) in [6.07, 6.45) is 0. The summed E-state index contributed by atoms with van der Waals surface area (Å²) in [5.74, 6) is 0.444. The fourth-order valence-corrected chi connectivity index (χ4v) is 9.77. The van der Waals surface area contributed by atoms with Gasteiger partial charge in [0.1, 0.15) is 5.58 Å². The topological polar surface area (TPSA) is 16.4 Å². The van der Waals surface area contributed by atoms with Gasteiger partial charge in [0, 0.05) is 42.0 Å². The molecule has 0 fully saturated rings. The van der Waals surface area contributed by atoms with Crippen LogP contribution in [-0.4, -0.2) is 0 Å². The van der Waals surface area contributed by atoms with Crippen molar-refractivity contribution in [1.82, 2.24) is 0 Å². The van der Waals surface area contributed by atoms with Gasteiger partial charge in [-0.15, -0.1) is 11.3 Å². The monoisotopic (exact) mass is 683 g/mol. The molecular formula is C49H33NOS. The molecule has 0 saturated heterocycles. The Balaban J connectivity index is 1.27. The number of nitrogens with zero attached hydrogens (tertiary/aromatic N) is 1. The second-order valence-corrected chi connectivity index (χ2v) is 15.3. The summed E-state index contributed by atoms with van der Waals surface area (Å²) in [5.41, 5.74) is 6.38. The van der Waals surface area contributed by atoms with Crippen LogP contribution in [0.3, 0.4) is 0 Å². The van der Waals surface area contributed by atoms with E-state index in [1.165, 1.54) is 68.8 Å². The van der Waals surface area contributed by atoms with E-state index in [1.807, 2.05) is 17.4 Å². The molecule has 9 aromatic carbocycles. The van der Waals surface area contributed by atoms with Crippen LogP contribution >= 0.6 is 11.3 Å². The van der Waals surface area contributed by atoms with Gasteiger partial charge in [-0.3, -0.25) is 0 Å². The largest absolute Gasteiger partial charge is 0.454 e. The van der Waals surface area contributed by atoms with Gasteiger partial charge >= 0.3 is 0 Å². The lowest BCUT2D eigenvalue weighted by molar-refractivity contribution is 0.669. The van der Waals surface area contributed by atoms with E-state index in [0.717, 1.165) is 39.0 Å². The van der Waals surface area contributed by atoms with Crippen molar-refractivity contribution in [3.05, 3.63) is 163 Å². The van der Waals surface area contributed by atoms with Crippen LogP contribution in [0.25, 0.3) is 85.2 Å². The Labute approximate surface area is 304 Å². The average Bonchev–Trinajstić information content (AvgIpc) is 3.77. The minimum absolute atomic E-state index is 0.444. The molecule has 0 N–H and O–H groups in total. The van der Waals surface area contributed by atoms with Crippen molar-refractivity contribution >= 4 is 114 Å². The first-order valence-corrected chi connectivity index (χ1v) is 18.9. The Bertz CT molecular complexity index is 3180. The van der Waals surface area contributed by atoms with E-state index >= 15 is 0 Å². The average molecular weight is 684 g/mol. The maximum absolute atomic E-state index is 6.70. The normalized spacial score (nSPS) is 12.2. The van der Waals surface area contributed by atoms with E-state index in [2.05, 4.69) is 170 Å². The highest BCUT2D eigenvalue weighted by molar-refractivity contribution is 7.26. The van der Waals surface area contributed by atoms with Gasteiger partial charge in [0.25, 0.3) is 0 Å². The van der Waals surface area contributed by atoms with Gasteiger partial charge in [-0.1, -0.05) is 135 Å². The lowest BCUT2D eigenvalue weighted by atomic mass is 9.91. The predicted molar refractivity (Wildman–Crippen MR) is 225 cm³/mol. The third kappa shape index (κ3) is 4.17. The summed E-state index contributed by atoms with van der Waals surface area (Å²) < 4.78 is 9.28. The summed E-state index contributed by atoms with van der Waals surface area (Å²) in [5, 5.41) is 15.2. The first kappa shape index (κ1) is 29.6. The third-order valence-corrected chi connectivity index (χ3v) is 12.1. The van der Waals surface area contributed by atoms with E-state index in [4.69, 9.17) is 4.42 Å². The third-order valence-electron chi connectivity index (χ3n) is 11.0. The fraction of sp³-hybridized carbons (Fsp3) is 0.0612. The van der Waals surface area contributed by atoms with Gasteiger partial charge < -0.3 is 9.32 Å². The zero-order valence-electron chi connectivity index (χ0n) is 28.9. The molecule has 3 heteroatoms. The van der Waals surface area contributed by atoms with Crippen molar-refractivity contribution in [2.24, 2.45) is 0 Å². The van der Waals surface area contributed by atoms with Crippen LogP contribution in [0.5, 0.6) is 0 Å². The van der Waals surface area contributed by atoms with E-state index in [9.17, 15) is 0 Å². The fourth-order valence-electron chi connectivity index (χ4n) is 8.61. The highest BCUT2D eigenvalue weighted by Gasteiger charge is 2.24. The van der Waals surface area contributed by atoms with Crippen LogP contribution in [0, 0.1) is 0 Å². The number of thiophene rings is 1. The molecule has 0 aliphatic carbocycles. The number of fused-ring (bicyclic) bond motifs is 15. The number of furan rings is 1. The van der Waals surface area contributed by atoms with E-state index in [0.29, 0.717) is 5.92 Å². The highest BCUT2D eigenvalue weighted by atomic mass is 32.1. The molecule has 0 aliphatic heterocycles. The van der Waals surface area contributed by atoms with Crippen LogP contribution < -0.4 is 4.90 Å². The lowest BCUT2D eigenvalue weighted by Gasteiger charge is -2.27. The Morgan fingerprint density at radius 1 is 0.442 bits per heavy atom. The molecule has 0 saturated carbocycles. The molecule has 52 heavy (non-hydrogen) atoms. The van der Waals surface area contributed by atoms with Crippen LogP contribution in [0.1, 0.15) is 25.3 Å². The minimum Gasteiger partial charge on any atom is -0.454 e. The van der Waals surface area contributed by atoms with Crippen LogP contribution in [0.15, 0.2) is 162 Å². The summed E-state index contributed by atoms with van der Waals surface area (Å²) in [6.45, 7) is 4.50. The standard InChI is InChI=1S/C49H33NOS/c1-29(2)30-22-24-31(25-23-30)50(41-20-11-19-40-36-16-9-10-21-43(36)51-49(40)41)42-28-45-47(38-18-8-6-15-35(38)42)48-44(52-45)27-26-39-34-14-4-3-12-32(34)33-13-5-7-17-37(33)46(39)48/h3-29H,1-2H3. The summed E-state index contributed by atoms with van der Waals surface area (Å²) >= 11 is 1.89. The van der Waals surface area contributed by atoms with Crippen molar-refractivity contribution in [3.8, 4) is 0 Å². The molecule has 0 amide bonds. The Morgan fingerprint density at radius 3 is 1.73 bits per heavy atom. The minimum atomic E-state index is 0.444. The number of hydrogen-bond acceptors (Lipinski definition) is 3. The van der Waals surface area contributed by atoms with Crippen molar-refractivity contribution in [1.29, 1.82) is 0 Å². The molecule has 2 aromatic heterocycles. The molecule has 0 radical (unpaired) electrons. The number of anilines is 3. The van der Waals surface area contributed by atoms with Gasteiger partial charge in [-0.2, -0.15) is 0 Å². The summed E-state index contributed by atoms with van der Waals surface area (Å²) in [4.78, 5) is 2.42. The first-order valence-electron chi connectivity index (χ1n) is 18.0. The Kier molecular flexibility index (Phi) is 6.35. The van der Waals surface area contributed by atoms with Crippen molar-refractivity contribution in [2.45, 2.75) is 19.8 Å². The highest BCUT2D eigenvalue weighted by Crippen LogP contribution is 2.51. The number of rotatable bonds is 4. The van der Waals surface area contributed by atoms with Crippen molar-refractivity contribution in [2.75, 3.05) is 4.90 Å². The maximum atomic E-state index is 6.70. The summed E-state index contributed by atoms with van der Waals surface area (Å²) in [6, 6.07) is 57.9. The number of para-hydroxylation sites is 2. The van der Waals surface area contributed by atoms with Crippen LogP contribution in [0.2, 0.25) is 0 Å². The van der Waals surface area contributed by atoms with Gasteiger partial charge in [0.05, 0.1) is 11.4 Å². The van der Waals surface area contributed by atoms with E-state index in [1.54, 1.807) is 0 Å². The summed E-state index contributed by atoms with van der Waals surface area (Å²) in [7, 11) is 0. The zero-order valence-corrected chi connectivity index (χ0v) is 29.7. The number of hydrogen-bond donors (Lipinski definition) is 0. The molecule has 0 aliphatic rings. The second-order valence-electron chi connectivity index (χ2n) is 14.2. The van der Waals surface area contributed by atoms with Crippen molar-refractivity contribution < 1.29 is 4.42 Å². The molecule has 246 valence electrons. The SMILES string of the molecule is CC(C)c1ccc(N(c2cc3sc4ccc5c6ccccc6c6ccccc6c5c4c3c3ccccc23)c2cccc3c2oc2ccccc23)cc1.